The van der Waals surface area contributed by atoms with Crippen LogP contribution in [0.5, 0.6) is 0 Å². The zero-order valence-corrected chi connectivity index (χ0v) is 14.2. The Labute approximate surface area is 135 Å². The van der Waals surface area contributed by atoms with Crippen molar-refractivity contribution in [3.8, 4) is 0 Å². The summed E-state index contributed by atoms with van der Waals surface area (Å²) >= 11 is 0. The number of sulfonamides is 1. The molecule has 132 valence electrons. The second kappa shape index (κ2) is 8.97. The highest BCUT2D eigenvalue weighted by Crippen LogP contribution is 2.29. The quantitative estimate of drug-likeness (QED) is 0.490. The van der Waals surface area contributed by atoms with E-state index in [1.165, 1.54) is 7.11 Å². The molecule has 1 aliphatic carbocycles. The van der Waals surface area contributed by atoms with E-state index in [1.54, 1.807) is 6.92 Å². The molecule has 0 aromatic heterocycles. The van der Waals surface area contributed by atoms with Gasteiger partial charge in [-0.1, -0.05) is 0 Å². The number of carbonyl (C=O) groups excluding carboxylic acids is 3. The van der Waals surface area contributed by atoms with E-state index in [1.807, 2.05) is 0 Å². The van der Waals surface area contributed by atoms with Crippen LogP contribution in [0.25, 0.3) is 0 Å². The van der Waals surface area contributed by atoms with Crippen LogP contribution in [0.3, 0.4) is 0 Å². The van der Waals surface area contributed by atoms with Gasteiger partial charge >= 0.3 is 11.9 Å². The first kappa shape index (κ1) is 19.6. The van der Waals surface area contributed by atoms with Crippen molar-refractivity contribution in [3.63, 3.8) is 0 Å². The Kier molecular flexibility index (Phi) is 7.63. The standard InChI is InChI=1S/C14H23NO7S/c1-3-22-14(18)9-15-23(19,20)11-6-4-10(5-7-11)12(16)8-13(17)21-2/h10-11,15H,3-9H2,1-2H3. The third-order valence-corrected chi connectivity index (χ3v) is 5.73. The van der Waals surface area contributed by atoms with Gasteiger partial charge in [0.15, 0.2) is 0 Å². The Hall–Kier alpha value is -1.48. The molecule has 0 heterocycles. The first-order valence-corrected chi connectivity index (χ1v) is 9.08. The van der Waals surface area contributed by atoms with Crippen molar-refractivity contribution < 1.29 is 32.3 Å². The maximum Gasteiger partial charge on any atom is 0.320 e. The first-order chi connectivity index (χ1) is 10.8. The van der Waals surface area contributed by atoms with E-state index in [0.717, 1.165) is 0 Å². The largest absolute Gasteiger partial charge is 0.469 e. The molecule has 0 unspecified atom stereocenters. The van der Waals surface area contributed by atoms with E-state index in [4.69, 9.17) is 0 Å². The molecule has 0 aliphatic heterocycles. The third-order valence-electron chi connectivity index (χ3n) is 3.84. The topological polar surface area (TPSA) is 116 Å². The van der Waals surface area contributed by atoms with Gasteiger partial charge in [-0.3, -0.25) is 14.4 Å². The van der Waals surface area contributed by atoms with Gasteiger partial charge in [0.1, 0.15) is 18.7 Å². The van der Waals surface area contributed by atoms with Crippen LogP contribution in [0, 0.1) is 5.92 Å². The van der Waals surface area contributed by atoms with Crippen LogP contribution in [-0.2, 0) is 33.9 Å². The van der Waals surface area contributed by atoms with Gasteiger partial charge in [0.05, 0.1) is 19.0 Å². The number of hydrogen-bond donors (Lipinski definition) is 1. The molecule has 1 N–H and O–H groups in total. The predicted octanol–water partition coefficient (Wildman–Crippen LogP) is 0.160. The Balaban J connectivity index is 2.46. The molecule has 23 heavy (non-hydrogen) atoms. The Morgan fingerprint density at radius 1 is 1.09 bits per heavy atom. The van der Waals surface area contributed by atoms with Crippen molar-refractivity contribution in [2.75, 3.05) is 20.3 Å². The fourth-order valence-corrected chi connectivity index (χ4v) is 3.99. The van der Waals surface area contributed by atoms with Crippen molar-refractivity contribution in [1.82, 2.24) is 4.72 Å². The van der Waals surface area contributed by atoms with E-state index in [0.29, 0.717) is 25.7 Å². The van der Waals surface area contributed by atoms with Crippen LogP contribution >= 0.6 is 0 Å². The summed E-state index contributed by atoms with van der Waals surface area (Å²) in [6.45, 7) is 1.43. The van der Waals surface area contributed by atoms with Crippen molar-refractivity contribution in [3.05, 3.63) is 0 Å². The van der Waals surface area contributed by atoms with Crippen molar-refractivity contribution in [2.45, 2.75) is 44.3 Å². The fraction of sp³-hybridized carbons (Fsp3) is 0.786. The molecule has 1 rings (SSSR count). The van der Waals surface area contributed by atoms with Crippen LogP contribution in [0.15, 0.2) is 0 Å². The normalized spacial score (nSPS) is 21.5. The summed E-state index contributed by atoms with van der Waals surface area (Å²) in [6, 6.07) is 0. The number of nitrogens with one attached hydrogen (secondary N) is 1. The summed E-state index contributed by atoms with van der Waals surface area (Å²) in [7, 11) is -2.41. The zero-order valence-electron chi connectivity index (χ0n) is 13.4. The number of carbonyl (C=O) groups is 3. The summed E-state index contributed by atoms with van der Waals surface area (Å²) in [5.74, 6) is -1.74. The minimum absolute atomic E-state index is 0.188. The molecular weight excluding hydrogens is 326 g/mol. The van der Waals surface area contributed by atoms with Crippen LogP contribution in [-0.4, -0.2) is 51.7 Å². The van der Waals surface area contributed by atoms with Crippen LogP contribution in [0.4, 0.5) is 0 Å². The van der Waals surface area contributed by atoms with Gasteiger partial charge in [0, 0.05) is 5.92 Å². The molecular formula is C14H23NO7S. The number of ketones is 1. The predicted molar refractivity (Wildman–Crippen MR) is 80.9 cm³/mol. The monoisotopic (exact) mass is 349 g/mol. The molecule has 0 radical (unpaired) electrons. The van der Waals surface area contributed by atoms with Crippen LogP contribution < -0.4 is 4.72 Å². The molecule has 9 heteroatoms. The number of ether oxygens (including phenoxy) is 2. The third kappa shape index (κ3) is 6.26. The SMILES string of the molecule is CCOC(=O)CNS(=O)(=O)C1CCC(C(=O)CC(=O)OC)CC1. The number of Topliss-reactive ketones (excluding diaryl/α,β-unsaturated/α-hetero) is 1. The highest BCUT2D eigenvalue weighted by Gasteiger charge is 2.34. The number of methoxy groups -OCH3 is 1. The smallest absolute Gasteiger partial charge is 0.320 e. The lowest BCUT2D eigenvalue weighted by molar-refractivity contribution is -0.144. The Morgan fingerprint density at radius 2 is 1.70 bits per heavy atom. The molecule has 0 spiro atoms. The lowest BCUT2D eigenvalue weighted by Gasteiger charge is -2.27. The summed E-state index contributed by atoms with van der Waals surface area (Å²) < 4.78 is 35.6. The number of rotatable bonds is 8. The van der Waals surface area contributed by atoms with Gasteiger partial charge < -0.3 is 9.47 Å². The molecule has 0 amide bonds. The molecule has 0 saturated heterocycles. The Morgan fingerprint density at radius 3 is 2.22 bits per heavy atom. The van der Waals surface area contributed by atoms with Crippen molar-refractivity contribution in [1.29, 1.82) is 0 Å². The molecule has 0 aromatic rings. The minimum Gasteiger partial charge on any atom is -0.469 e. The zero-order chi connectivity index (χ0) is 17.5. The number of hydrogen-bond acceptors (Lipinski definition) is 7. The summed E-state index contributed by atoms with van der Waals surface area (Å²) in [6.07, 6.45) is 1.16. The molecule has 1 fully saturated rings. The fourth-order valence-electron chi connectivity index (χ4n) is 2.54. The van der Waals surface area contributed by atoms with E-state index in [-0.39, 0.29) is 24.7 Å². The second-order valence-electron chi connectivity index (χ2n) is 5.36. The van der Waals surface area contributed by atoms with Crippen molar-refractivity contribution >= 4 is 27.7 Å². The van der Waals surface area contributed by atoms with E-state index >= 15 is 0 Å². The van der Waals surface area contributed by atoms with Crippen LogP contribution in [0.2, 0.25) is 0 Å². The van der Waals surface area contributed by atoms with Gasteiger partial charge in [0.2, 0.25) is 10.0 Å². The van der Waals surface area contributed by atoms with Gasteiger partial charge in [0.25, 0.3) is 0 Å². The van der Waals surface area contributed by atoms with Gasteiger partial charge in [-0.25, -0.2) is 13.1 Å². The average molecular weight is 349 g/mol. The molecule has 0 atom stereocenters. The molecule has 0 aromatic carbocycles. The molecule has 8 nitrogen and oxygen atoms in total. The van der Waals surface area contributed by atoms with E-state index in [9.17, 15) is 22.8 Å². The summed E-state index contributed by atoms with van der Waals surface area (Å²) in [5, 5.41) is -0.640. The lowest BCUT2D eigenvalue weighted by atomic mass is 9.85. The van der Waals surface area contributed by atoms with Crippen LogP contribution in [0.1, 0.15) is 39.0 Å². The average Bonchev–Trinajstić information content (AvgIpc) is 2.53. The Bertz CT molecular complexity index is 535. The summed E-state index contributed by atoms with van der Waals surface area (Å²) in [5.41, 5.74) is 0. The molecule has 1 saturated carbocycles. The van der Waals surface area contributed by atoms with Gasteiger partial charge in [-0.2, -0.15) is 0 Å². The summed E-state index contributed by atoms with van der Waals surface area (Å²) in [4.78, 5) is 34.2. The van der Waals surface area contributed by atoms with Gasteiger partial charge in [-0.15, -0.1) is 0 Å². The van der Waals surface area contributed by atoms with Gasteiger partial charge in [-0.05, 0) is 32.6 Å². The van der Waals surface area contributed by atoms with Crippen molar-refractivity contribution in [2.24, 2.45) is 5.92 Å². The van der Waals surface area contributed by atoms with E-state index < -0.39 is 33.8 Å². The maximum atomic E-state index is 12.1. The first-order valence-electron chi connectivity index (χ1n) is 7.53. The maximum absolute atomic E-state index is 12.1. The van der Waals surface area contributed by atoms with E-state index in [2.05, 4.69) is 14.2 Å². The highest BCUT2D eigenvalue weighted by molar-refractivity contribution is 7.90. The minimum atomic E-state index is -3.63. The highest BCUT2D eigenvalue weighted by atomic mass is 32.2. The molecule has 1 aliphatic rings. The second-order valence-corrected chi connectivity index (χ2v) is 7.41. The molecule has 0 bridgehead atoms. The number of esters is 2. The lowest BCUT2D eigenvalue weighted by Crippen LogP contribution is -2.40.